The SMILES string of the molecule is Cc1ccc(/C=C/C(=O)O[C@H](C(=O)N2CCOCC2)c2ccccc2)s1. The van der Waals surface area contributed by atoms with E-state index in [1.807, 2.05) is 37.3 Å². The highest BCUT2D eigenvalue weighted by Crippen LogP contribution is 2.22. The van der Waals surface area contributed by atoms with E-state index in [2.05, 4.69) is 0 Å². The smallest absolute Gasteiger partial charge is 0.331 e. The second-order valence-corrected chi connectivity index (χ2v) is 7.27. The molecule has 1 atom stereocenters. The molecule has 1 saturated heterocycles. The van der Waals surface area contributed by atoms with E-state index in [1.165, 1.54) is 11.0 Å². The van der Waals surface area contributed by atoms with Gasteiger partial charge in [0, 0.05) is 34.5 Å². The summed E-state index contributed by atoms with van der Waals surface area (Å²) in [5.74, 6) is -0.750. The zero-order valence-electron chi connectivity index (χ0n) is 14.6. The summed E-state index contributed by atoms with van der Waals surface area (Å²) in [4.78, 5) is 29.0. The molecule has 0 saturated carbocycles. The number of esters is 1. The first-order valence-corrected chi connectivity index (χ1v) is 9.32. The first-order valence-electron chi connectivity index (χ1n) is 8.50. The lowest BCUT2D eigenvalue weighted by molar-refractivity contribution is -0.159. The number of thiophene rings is 1. The molecule has 1 amide bonds. The highest BCUT2D eigenvalue weighted by molar-refractivity contribution is 7.12. The molecular weight excluding hydrogens is 350 g/mol. The van der Waals surface area contributed by atoms with Crippen LogP contribution in [0.5, 0.6) is 0 Å². The van der Waals surface area contributed by atoms with Gasteiger partial charge in [-0.25, -0.2) is 4.79 Å². The lowest BCUT2D eigenvalue weighted by Crippen LogP contribution is -2.44. The third kappa shape index (κ3) is 4.80. The Labute approximate surface area is 156 Å². The van der Waals surface area contributed by atoms with Gasteiger partial charge in [-0.3, -0.25) is 4.79 Å². The third-order valence-corrected chi connectivity index (χ3v) is 4.99. The normalized spacial score (nSPS) is 15.8. The van der Waals surface area contributed by atoms with Crippen LogP contribution in [-0.4, -0.2) is 43.1 Å². The molecule has 136 valence electrons. The van der Waals surface area contributed by atoms with Crippen LogP contribution in [0, 0.1) is 6.92 Å². The Morgan fingerprint density at radius 1 is 1.15 bits per heavy atom. The van der Waals surface area contributed by atoms with Crippen molar-refractivity contribution < 1.29 is 19.1 Å². The predicted octanol–water partition coefficient (Wildman–Crippen LogP) is 3.21. The fourth-order valence-electron chi connectivity index (χ4n) is 2.69. The molecule has 6 heteroatoms. The molecule has 0 N–H and O–H groups in total. The summed E-state index contributed by atoms with van der Waals surface area (Å²) >= 11 is 1.59. The maximum absolute atomic E-state index is 12.9. The van der Waals surface area contributed by atoms with E-state index in [-0.39, 0.29) is 5.91 Å². The highest BCUT2D eigenvalue weighted by Gasteiger charge is 2.29. The standard InChI is InChI=1S/C20H21NO4S/c1-15-7-8-17(26-15)9-10-18(22)25-19(16-5-3-2-4-6-16)20(23)21-11-13-24-14-12-21/h2-10,19H,11-14H2,1H3/b10-9+/t19-/m0/s1. The Bertz CT molecular complexity index is 778. The Morgan fingerprint density at radius 3 is 2.54 bits per heavy atom. The van der Waals surface area contributed by atoms with E-state index in [0.29, 0.717) is 31.9 Å². The van der Waals surface area contributed by atoms with E-state index < -0.39 is 12.1 Å². The third-order valence-electron chi connectivity index (χ3n) is 4.03. The number of benzene rings is 1. The molecule has 0 aliphatic carbocycles. The van der Waals surface area contributed by atoms with Gasteiger partial charge >= 0.3 is 5.97 Å². The largest absolute Gasteiger partial charge is 0.444 e. The summed E-state index contributed by atoms with van der Waals surface area (Å²) < 4.78 is 10.8. The van der Waals surface area contributed by atoms with Crippen LogP contribution >= 0.6 is 11.3 Å². The van der Waals surface area contributed by atoms with E-state index >= 15 is 0 Å². The number of carbonyl (C=O) groups is 2. The van der Waals surface area contributed by atoms with Crippen LogP contribution in [0.4, 0.5) is 0 Å². The van der Waals surface area contributed by atoms with Gasteiger partial charge in [-0.15, -0.1) is 11.3 Å². The van der Waals surface area contributed by atoms with E-state index in [1.54, 1.807) is 34.4 Å². The first-order chi connectivity index (χ1) is 12.6. The molecule has 5 nitrogen and oxygen atoms in total. The van der Waals surface area contributed by atoms with Gasteiger partial charge in [0.2, 0.25) is 6.10 Å². The van der Waals surface area contributed by atoms with Crippen LogP contribution in [0.3, 0.4) is 0 Å². The average Bonchev–Trinajstić information content (AvgIpc) is 3.10. The van der Waals surface area contributed by atoms with Crippen molar-refractivity contribution in [3.8, 4) is 0 Å². The molecule has 26 heavy (non-hydrogen) atoms. The highest BCUT2D eigenvalue weighted by atomic mass is 32.1. The van der Waals surface area contributed by atoms with Crippen molar-refractivity contribution in [3.05, 3.63) is 63.9 Å². The minimum absolute atomic E-state index is 0.215. The average molecular weight is 371 g/mol. The molecule has 3 rings (SSSR count). The van der Waals surface area contributed by atoms with Crippen LogP contribution in [0.2, 0.25) is 0 Å². The van der Waals surface area contributed by atoms with E-state index in [0.717, 1.165) is 4.88 Å². The molecule has 0 bridgehead atoms. The molecule has 1 aliphatic rings. The molecule has 0 spiro atoms. The molecule has 1 fully saturated rings. The Kier molecular flexibility index (Phi) is 6.20. The maximum Gasteiger partial charge on any atom is 0.331 e. The number of amides is 1. The van der Waals surface area contributed by atoms with Gasteiger partial charge < -0.3 is 14.4 Å². The number of hydrogen-bond acceptors (Lipinski definition) is 5. The minimum Gasteiger partial charge on any atom is -0.444 e. The first kappa shape index (κ1) is 18.4. The topological polar surface area (TPSA) is 55.8 Å². The molecule has 0 radical (unpaired) electrons. The van der Waals surface area contributed by atoms with Crippen molar-refractivity contribution in [1.82, 2.24) is 4.90 Å². The zero-order chi connectivity index (χ0) is 18.4. The van der Waals surface area contributed by atoms with Crippen LogP contribution < -0.4 is 0 Å². The second kappa shape index (κ2) is 8.78. The summed E-state index contributed by atoms with van der Waals surface area (Å²) in [6, 6.07) is 13.0. The van der Waals surface area contributed by atoms with Crippen molar-refractivity contribution >= 4 is 29.3 Å². The molecule has 2 heterocycles. The summed E-state index contributed by atoms with van der Waals surface area (Å²) in [5.41, 5.74) is 0.665. The monoisotopic (exact) mass is 371 g/mol. The lowest BCUT2D eigenvalue weighted by atomic mass is 10.1. The summed E-state index contributed by atoms with van der Waals surface area (Å²) in [5, 5.41) is 0. The van der Waals surface area contributed by atoms with Crippen LogP contribution in [0.25, 0.3) is 6.08 Å². The number of ether oxygens (including phenoxy) is 2. The van der Waals surface area contributed by atoms with Crippen LogP contribution in [0.1, 0.15) is 21.4 Å². The fourth-order valence-corrected chi connectivity index (χ4v) is 3.47. The Morgan fingerprint density at radius 2 is 1.88 bits per heavy atom. The van der Waals surface area contributed by atoms with Gasteiger partial charge in [0.1, 0.15) is 0 Å². The Hall–Kier alpha value is -2.44. The number of rotatable bonds is 5. The number of morpholine rings is 1. The molecule has 1 aliphatic heterocycles. The minimum atomic E-state index is -0.948. The van der Waals surface area contributed by atoms with Crippen molar-refractivity contribution in [2.24, 2.45) is 0 Å². The zero-order valence-corrected chi connectivity index (χ0v) is 15.4. The predicted molar refractivity (Wildman–Crippen MR) is 101 cm³/mol. The second-order valence-electron chi connectivity index (χ2n) is 5.95. The van der Waals surface area contributed by atoms with Gasteiger partial charge in [0.25, 0.3) is 5.91 Å². The van der Waals surface area contributed by atoms with Gasteiger partial charge in [0.15, 0.2) is 0 Å². The summed E-state index contributed by atoms with van der Waals surface area (Å²) in [7, 11) is 0. The number of carbonyl (C=O) groups excluding carboxylic acids is 2. The van der Waals surface area contributed by atoms with Gasteiger partial charge in [-0.05, 0) is 25.1 Å². The van der Waals surface area contributed by atoms with Gasteiger partial charge in [-0.1, -0.05) is 30.3 Å². The van der Waals surface area contributed by atoms with Crippen molar-refractivity contribution in [1.29, 1.82) is 0 Å². The summed E-state index contributed by atoms with van der Waals surface area (Å²) in [6.07, 6.45) is 2.13. The maximum atomic E-state index is 12.9. The van der Waals surface area contributed by atoms with Crippen LogP contribution in [0.15, 0.2) is 48.5 Å². The van der Waals surface area contributed by atoms with Crippen LogP contribution in [-0.2, 0) is 19.1 Å². The van der Waals surface area contributed by atoms with Crippen molar-refractivity contribution in [3.63, 3.8) is 0 Å². The molecular formula is C20H21NO4S. The number of nitrogens with zero attached hydrogens (tertiary/aromatic N) is 1. The van der Waals surface area contributed by atoms with E-state index in [4.69, 9.17) is 9.47 Å². The number of hydrogen-bond donors (Lipinski definition) is 0. The van der Waals surface area contributed by atoms with Gasteiger partial charge in [0.05, 0.1) is 13.2 Å². The summed E-state index contributed by atoms with van der Waals surface area (Å²) in [6.45, 7) is 4.01. The quantitative estimate of drug-likeness (QED) is 0.598. The lowest BCUT2D eigenvalue weighted by Gasteiger charge is -2.30. The van der Waals surface area contributed by atoms with Gasteiger partial charge in [-0.2, -0.15) is 0 Å². The van der Waals surface area contributed by atoms with Crippen molar-refractivity contribution in [2.45, 2.75) is 13.0 Å². The fraction of sp³-hybridized carbons (Fsp3) is 0.300. The number of aryl methyl sites for hydroxylation is 1. The van der Waals surface area contributed by atoms with E-state index in [9.17, 15) is 9.59 Å². The Balaban J connectivity index is 1.73. The molecule has 2 aromatic rings. The van der Waals surface area contributed by atoms with Crippen molar-refractivity contribution in [2.75, 3.05) is 26.3 Å². The molecule has 0 unspecified atom stereocenters. The molecule has 1 aromatic heterocycles. The molecule has 1 aromatic carbocycles.